The summed E-state index contributed by atoms with van der Waals surface area (Å²) < 4.78 is 0. The van der Waals surface area contributed by atoms with Gasteiger partial charge in [-0.3, -0.25) is 4.90 Å². The van der Waals surface area contributed by atoms with Gasteiger partial charge < -0.3 is 16.0 Å². The number of carbonyl (C=O) groups excluding carboxylic acids is 1. The molecule has 0 aromatic heterocycles. The largest absolute Gasteiger partial charge is 0.336 e. The van der Waals surface area contributed by atoms with Crippen LogP contribution in [0.25, 0.3) is 0 Å². The number of nitrogens with zero attached hydrogens (tertiary/aromatic N) is 2. The number of likely N-dealkylation sites (tertiary alicyclic amines) is 1. The van der Waals surface area contributed by atoms with E-state index < -0.39 is 0 Å². The lowest BCUT2D eigenvalue weighted by molar-refractivity contribution is 0.119. The van der Waals surface area contributed by atoms with Crippen LogP contribution in [0.2, 0.25) is 0 Å². The molecule has 98 valence electrons. The summed E-state index contributed by atoms with van der Waals surface area (Å²) >= 11 is 0. The van der Waals surface area contributed by atoms with Crippen LogP contribution >= 0.6 is 0 Å². The molecule has 2 atom stereocenters. The second-order valence-electron chi connectivity index (χ2n) is 5.18. The van der Waals surface area contributed by atoms with Gasteiger partial charge in [0.1, 0.15) is 0 Å². The van der Waals surface area contributed by atoms with E-state index in [2.05, 4.69) is 17.1 Å². The minimum absolute atomic E-state index is 0.0827. The van der Waals surface area contributed by atoms with Gasteiger partial charge in [0.15, 0.2) is 0 Å². The van der Waals surface area contributed by atoms with Crippen molar-refractivity contribution in [3.63, 3.8) is 0 Å². The van der Waals surface area contributed by atoms with Crippen LogP contribution in [0.1, 0.15) is 26.2 Å². The summed E-state index contributed by atoms with van der Waals surface area (Å²) in [4.78, 5) is 15.8. The molecule has 2 saturated heterocycles. The van der Waals surface area contributed by atoms with Gasteiger partial charge in [0.25, 0.3) is 0 Å². The van der Waals surface area contributed by atoms with Gasteiger partial charge in [-0.25, -0.2) is 4.79 Å². The molecule has 0 aromatic carbocycles. The normalized spacial score (nSPS) is 28.2. The first-order chi connectivity index (χ1) is 8.18. The average molecular weight is 240 g/mol. The molecule has 5 nitrogen and oxygen atoms in total. The first kappa shape index (κ1) is 12.6. The molecule has 0 spiro atoms. The lowest BCUT2D eigenvalue weighted by Crippen LogP contribution is -2.51. The predicted octanol–water partition coefficient (Wildman–Crippen LogP) is 0.213. The van der Waals surface area contributed by atoms with E-state index in [1.807, 2.05) is 4.90 Å². The number of nitrogens with one attached hydrogen (secondary N) is 1. The Labute approximate surface area is 103 Å². The molecule has 2 heterocycles. The fraction of sp³-hybridized carbons (Fsp3) is 0.917. The van der Waals surface area contributed by atoms with Crippen LogP contribution in [0.4, 0.5) is 4.79 Å². The van der Waals surface area contributed by atoms with E-state index in [-0.39, 0.29) is 12.1 Å². The summed E-state index contributed by atoms with van der Waals surface area (Å²) in [6.45, 7) is 6.63. The Balaban J connectivity index is 1.81. The van der Waals surface area contributed by atoms with Gasteiger partial charge in [0, 0.05) is 38.3 Å². The van der Waals surface area contributed by atoms with Crippen molar-refractivity contribution < 1.29 is 4.79 Å². The number of amides is 2. The van der Waals surface area contributed by atoms with E-state index in [0.717, 1.165) is 32.7 Å². The van der Waals surface area contributed by atoms with Crippen LogP contribution < -0.4 is 11.1 Å². The number of urea groups is 1. The molecular weight excluding hydrogens is 216 g/mol. The number of nitrogens with two attached hydrogens (primary N) is 1. The first-order valence-corrected chi connectivity index (χ1v) is 6.71. The Hall–Kier alpha value is -0.810. The molecule has 17 heavy (non-hydrogen) atoms. The lowest BCUT2D eigenvalue weighted by atomic mass is 9.97. The molecule has 2 aliphatic rings. The second-order valence-corrected chi connectivity index (χ2v) is 5.18. The first-order valence-electron chi connectivity index (χ1n) is 6.71. The molecule has 2 unspecified atom stereocenters. The molecule has 0 radical (unpaired) electrons. The Kier molecular flexibility index (Phi) is 4.23. The molecule has 2 fully saturated rings. The second kappa shape index (κ2) is 5.69. The van der Waals surface area contributed by atoms with Gasteiger partial charge in [0.05, 0.1) is 0 Å². The molecule has 2 aliphatic heterocycles. The van der Waals surface area contributed by atoms with Crippen molar-refractivity contribution in [3.8, 4) is 0 Å². The van der Waals surface area contributed by atoms with E-state index in [1.165, 1.54) is 19.3 Å². The summed E-state index contributed by atoms with van der Waals surface area (Å²) in [5.41, 5.74) is 6.03. The van der Waals surface area contributed by atoms with Gasteiger partial charge >= 0.3 is 6.03 Å². The molecule has 3 N–H and O–H groups in total. The third kappa shape index (κ3) is 3.10. The Bertz CT molecular complexity index is 269. The third-order valence-electron chi connectivity index (χ3n) is 3.87. The number of hydrogen-bond donors (Lipinski definition) is 2. The summed E-state index contributed by atoms with van der Waals surface area (Å²) in [6, 6.07) is 0.802. The van der Waals surface area contributed by atoms with Gasteiger partial charge in [-0.1, -0.05) is 6.42 Å². The van der Waals surface area contributed by atoms with Crippen molar-refractivity contribution >= 4 is 6.03 Å². The van der Waals surface area contributed by atoms with Crippen LogP contribution in [0.5, 0.6) is 0 Å². The zero-order valence-electron chi connectivity index (χ0n) is 10.7. The quantitative estimate of drug-likeness (QED) is 0.738. The Morgan fingerprint density at radius 2 is 2.24 bits per heavy atom. The molecule has 0 saturated carbocycles. The predicted molar refractivity (Wildman–Crippen MR) is 67.8 cm³/mol. The van der Waals surface area contributed by atoms with Crippen LogP contribution in [0.3, 0.4) is 0 Å². The van der Waals surface area contributed by atoms with Crippen molar-refractivity contribution in [2.24, 2.45) is 5.73 Å². The summed E-state index contributed by atoms with van der Waals surface area (Å²) in [5, 5.41) is 2.84. The Morgan fingerprint density at radius 1 is 1.41 bits per heavy atom. The number of hydrogen-bond acceptors (Lipinski definition) is 3. The maximum atomic E-state index is 11.4. The van der Waals surface area contributed by atoms with Crippen molar-refractivity contribution in [1.82, 2.24) is 15.1 Å². The standard InChI is InChI=1S/C12H24N4O/c1-10(13)11-4-2-3-6-15(11)8-9-16-7-5-14-12(16)17/h10-11H,2-9,13H2,1H3,(H,14,17). The van der Waals surface area contributed by atoms with Crippen molar-refractivity contribution in [2.45, 2.75) is 38.3 Å². The zero-order valence-corrected chi connectivity index (χ0v) is 10.7. The number of carbonyl (C=O) groups is 1. The molecule has 0 aromatic rings. The van der Waals surface area contributed by atoms with Crippen LogP contribution in [0, 0.1) is 0 Å². The van der Waals surface area contributed by atoms with E-state index in [4.69, 9.17) is 5.73 Å². The topological polar surface area (TPSA) is 61.6 Å². The highest BCUT2D eigenvalue weighted by Crippen LogP contribution is 2.18. The van der Waals surface area contributed by atoms with Crippen LogP contribution in [-0.4, -0.2) is 60.6 Å². The highest BCUT2D eigenvalue weighted by molar-refractivity contribution is 5.76. The molecule has 2 amide bonds. The monoisotopic (exact) mass is 240 g/mol. The maximum absolute atomic E-state index is 11.4. The van der Waals surface area contributed by atoms with Gasteiger partial charge in [-0.05, 0) is 26.3 Å². The van der Waals surface area contributed by atoms with E-state index >= 15 is 0 Å². The van der Waals surface area contributed by atoms with Gasteiger partial charge in [0.2, 0.25) is 0 Å². The fourth-order valence-electron chi connectivity index (χ4n) is 2.86. The van der Waals surface area contributed by atoms with E-state index in [0.29, 0.717) is 6.04 Å². The highest BCUT2D eigenvalue weighted by Gasteiger charge is 2.27. The van der Waals surface area contributed by atoms with Crippen molar-refractivity contribution in [2.75, 3.05) is 32.7 Å². The summed E-state index contributed by atoms with van der Waals surface area (Å²) in [7, 11) is 0. The molecule has 0 aliphatic carbocycles. The SMILES string of the molecule is CC(N)C1CCCCN1CCN1CCNC1=O. The van der Waals surface area contributed by atoms with Gasteiger partial charge in [-0.15, -0.1) is 0 Å². The zero-order chi connectivity index (χ0) is 12.3. The molecule has 5 heteroatoms. The minimum atomic E-state index is 0.0827. The average Bonchev–Trinajstić information content (AvgIpc) is 2.72. The minimum Gasteiger partial charge on any atom is -0.336 e. The van der Waals surface area contributed by atoms with E-state index in [9.17, 15) is 4.79 Å². The lowest BCUT2D eigenvalue weighted by Gasteiger charge is -2.38. The van der Waals surface area contributed by atoms with Crippen LogP contribution in [0.15, 0.2) is 0 Å². The maximum Gasteiger partial charge on any atom is 0.317 e. The summed E-state index contributed by atoms with van der Waals surface area (Å²) in [5.74, 6) is 0. The van der Waals surface area contributed by atoms with E-state index in [1.54, 1.807) is 0 Å². The van der Waals surface area contributed by atoms with Crippen LogP contribution in [-0.2, 0) is 0 Å². The van der Waals surface area contributed by atoms with Crippen molar-refractivity contribution in [1.29, 1.82) is 0 Å². The molecule has 0 bridgehead atoms. The highest BCUT2D eigenvalue weighted by atomic mass is 16.2. The fourth-order valence-corrected chi connectivity index (χ4v) is 2.86. The number of rotatable bonds is 4. The third-order valence-corrected chi connectivity index (χ3v) is 3.87. The smallest absolute Gasteiger partial charge is 0.317 e. The van der Waals surface area contributed by atoms with Crippen molar-refractivity contribution in [3.05, 3.63) is 0 Å². The molecule has 2 rings (SSSR count). The summed E-state index contributed by atoms with van der Waals surface area (Å²) in [6.07, 6.45) is 3.74. The Morgan fingerprint density at radius 3 is 2.88 bits per heavy atom. The van der Waals surface area contributed by atoms with Gasteiger partial charge in [-0.2, -0.15) is 0 Å². The molecular formula is C12H24N4O. The number of piperidine rings is 1.